The molecular weight excluding hydrogens is 402 g/mol. The van der Waals surface area contributed by atoms with E-state index in [-0.39, 0.29) is 28.0 Å². The van der Waals surface area contributed by atoms with Gasteiger partial charge in [-0.05, 0) is 31.0 Å². The van der Waals surface area contributed by atoms with Crippen molar-refractivity contribution in [1.29, 1.82) is 0 Å². The number of nitro benzene ring substituents is 1. The number of hydrogen-bond donors (Lipinski definition) is 2. The van der Waals surface area contributed by atoms with Crippen molar-refractivity contribution >= 4 is 33.5 Å². The Kier molecular flexibility index (Phi) is 5.16. The molecule has 0 saturated heterocycles. The monoisotopic (exact) mass is 421 g/mol. The SMILES string of the molecule is COc1cc([N+](=O)[O-])cc2cc(C(=O)NCCc3c(C)[nH]c4ccccc34)c(=O)oc12. The van der Waals surface area contributed by atoms with Crippen molar-refractivity contribution in [3.05, 3.63) is 79.8 Å². The normalized spacial score (nSPS) is 11.0. The zero-order chi connectivity index (χ0) is 22.1. The fourth-order valence-corrected chi connectivity index (χ4v) is 3.66. The Balaban J connectivity index is 1.58. The van der Waals surface area contributed by atoms with Gasteiger partial charge in [-0.2, -0.15) is 0 Å². The summed E-state index contributed by atoms with van der Waals surface area (Å²) in [6.07, 6.45) is 0.569. The number of amides is 1. The lowest BCUT2D eigenvalue weighted by Crippen LogP contribution is -2.30. The molecule has 2 aromatic carbocycles. The molecule has 2 N–H and O–H groups in total. The van der Waals surface area contributed by atoms with Gasteiger partial charge in [-0.25, -0.2) is 4.79 Å². The average molecular weight is 421 g/mol. The van der Waals surface area contributed by atoms with Crippen LogP contribution in [0.1, 0.15) is 21.6 Å². The number of ether oxygens (including phenoxy) is 1. The minimum atomic E-state index is -0.847. The number of aromatic amines is 1. The molecule has 0 unspecified atom stereocenters. The molecule has 4 rings (SSSR count). The summed E-state index contributed by atoms with van der Waals surface area (Å²) in [5.74, 6) is -0.568. The van der Waals surface area contributed by atoms with Crippen molar-refractivity contribution in [3.8, 4) is 5.75 Å². The number of aryl methyl sites for hydroxylation is 1. The van der Waals surface area contributed by atoms with Crippen LogP contribution in [-0.4, -0.2) is 29.5 Å². The number of H-pyrrole nitrogens is 1. The minimum absolute atomic E-state index is 0.0445. The number of carbonyl (C=O) groups excluding carboxylic acids is 1. The van der Waals surface area contributed by atoms with E-state index in [2.05, 4.69) is 10.3 Å². The Labute approximate surface area is 175 Å². The Hall–Kier alpha value is -4.14. The Morgan fingerprint density at radius 3 is 2.77 bits per heavy atom. The molecule has 0 bridgehead atoms. The van der Waals surface area contributed by atoms with Gasteiger partial charge in [0.15, 0.2) is 11.3 Å². The first kappa shape index (κ1) is 20.1. The maximum atomic E-state index is 12.6. The third-order valence-corrected chi connectivity index (χ3v) is 5.15. The summed E-state index contributed by atoms with van der Waals surface area (Å²) in [5, 5.41) is 15.2. The summed E-state index contributed by atoms with van der Waals surface area (Å²) < 4.78 is 10.3. The van der Waals surface area contributed by atoms with Crippen molar-refractivity contribution in [2.45, 2.75) is 13.3 Å². The van der Waals surface area contributed by atoms with Crippen LogP contribution >= 0.6 is 0 Å². The van der Waals surface area contributed by atoms with Crippen LogP contribution in [0.4, 0.5) is 5.69 Å². The first-order valence-electron chi connectivity index (χ1n) is 9.53. The molecule has 2 aromatic heterocycles. The second kappa shape index (κ2) is 7.94. The van der Waals surface area contributed by atoms with Crippen LogP contribution in [-0.2, 0) is 6.42 Å². The topological polar surface area (TPSA) is 127 Å². The van der Waals surface area contributed by atoms with Crippen molar-refractivity contribution in [3.63, 3.8) is 0 Å². The number of nitrogens with zero attached hydrogens (tertiary/aromatic N) is 1. The van der Waals surface area contributed by atoms with Crippen molar-refractivity contribution in [2.24, 2.45) is 0 Å². The smallest absolute Gasteiger partial charge is 0.349 e. The predicted octanol–water partition coefficient (Wildman–Crippen LogP) is 3.47. The summed E-state index contributed by atoms with van der Waals surface area (Å²) in [6, 6.07) is 11.6. The second-order valence-corrected chi connectivity index (χ2v) is 7.05. The van der Waals surface area contributed by atoms with Crippen LogP contribution in [0.25, 0.3) is 21.9 Å². The number of aromatic nitrogens is 1. The highest BCUT2D eigenvalue weighted by molar-refractivity contribution is 5.98. The first-order chi connectivity index (χ1) is 14.9. The highest BCUT2D eigenvalue weighted by Crippen LogP contribution is 2.30. The number of nitro groups is 1. The molecule has 0 fully saturated rings. The molecule has 9 heteroatoms. The highest BCUT2D eigenvalue weighted by Gasteiger charge is 2.19. The maximum Gasteiger partial charge on any atom is 0.349 e. The summed E-state index contributed by atoms with van der Waals surface area (Å²) >= 11 is 0. The van der Waals surface area contributed by atoms with E-state index >= 15 is 0 Å². The van der Waals surface area contributed by atoms with Crippen LogP contribution < -0.4 is 15.7 Å². The molecule has 0 radical (unpaired) electrons. The van der Waals surface area contributed by atoms with E-state index in [1.807, 2.05) is 31.2 Å². The molecule has 0 aliphatic rings. The number of non-ortho nitro benzene ring substituents is 1. The molecule has 0 aliphatic carbocycles. The number of benzene rings is 2. The third-order valence-electron chi connectivity index (χ3n) is 5.15. The molecule has 4 aromatic rings. The van der Waals surface area contributed by atoms with E-state index in [4.69, 9.17) is 9.15 Å². The minimum Gasteiger partial charge on any atom is -0.493 e. The number of rotatable bonds is 6. The fraction of sp³-hybridized carbons (Fsp3) is 0.182. The Morgan fingerprint density at radius 2 is 2.03 bits per heavy atom. The van der Waals surface area contributed by atoms with Gasteiger partial charge in [0.25, 0.3) is 11.6 Å². The highest BCUT2D eigenvalue weighted by atomic mass is 16.6. The van der Waals surface area contributed by atoms with Gasteiger partial charge in [-0.1, -0.05) is 18.2 Å². The molecule has 9 nitrogen and oxygen atoms in total. The zero-order valence-corrected chi connectivity index (χ0v) is 16.9. The molecule has 31 heavy (non-hydrogen) atoms. The molecule has 158 valence electrons. The maximum absolute atomic E-state index is 12.6. The van der Waals surface area contributed by atoms with Crippen LogP contribution in [0.15, 0.2) is 51.7 Å². The van der Waals surface area contributed by atoms with Crippen LogP contribution in [0.2, 0.25) is 0 Å². The van der Waals surface area contributed by atoms with Crippen LogP contribution in [0.5, 0.6) is 5.75 Å². The lowest BCUT2D eigenvalue weighted by Gasteiger charge is -2.08. The van der Waals surface area contributed by atoms with E-state index < -0.39 is 16.5 Å². The van der Waals surface area contributed by atoms with Crippen molar-refractivity contribution < 1.29 is 18.9 Å². The van der Waals surface area contributed by atoms with Gasteiger partial charge in [0, 0.05) is 34.6 Å². The van der Waals surface area contributed by atoms with E-state index in [0.717, 1.165) is 28.2 Å². The lowest BCUT2D eigenvalue weighted by atomic mass is 10.1. The fourth-order valence-electron chi connectivity index (χ4n) is 3.66. The molecule has 0 atom stereocenters. The quantitative estimate of drug-likeness (QED) is 0.279. The largest absolute Gasteiger partial charge is 0.493 e. The van der Waals surface area contributed by atoms with Gasteiger partial charge in [0.05, 0.1) is 18.1 Å². The lowest BCUT2D eigenvalue weighted by molar-refractivity contribution is -0.384. The molecule has 0 saturated carbocycles. The molecule has 2 heterocycles. The summed E-state index contributed by atoms with van der Waals surface area (Å²) in [7, 11) is 1.31. The zero-order valence-electron chi connectivity index (χ0n) is 16.9. The van der Waals surface area contributed by atoms with Crippen LogP contribution in [0.3, 0.4) is 0 Å². The third kappa shape index (κ3) is 3.73. The molecule has 1 amide bonds. The number of hydrogen-bond acceptors (Lipinski definition) is 6. The summed E-state index contributed by atoms with van der Waals surface area (Å²) in [5.41, 5.74) is 1.85. The Morgan fingerprint density at radius 1 is 1.26 bits per heavy atom. The van der Waals surface area contributed by atoms with Gasteiger partial charge in [0.2, 0.25) is 0 Å². The van der Waals surface area contributed by atoms with E-state index in [1.54, 1.807) is 0 Å². The van der Waals surface area contributed by atoms with Gasteiger partial charge in [-0.15, -0.1) is 0 Å². The summed E-state index contributed by atoms with van der Waals surface area (Å²) in [4.78, 5) is 38.8. The molecule has 0 spiro atoms. The van der Waals surface area contributed by atoms with Gasteiger partial charge in [0.1, 0.15) is 5.56 Å². The summed E-state index contributed by atoms with van der Waals surface area (Å²) in [6.45, 7) is 2.27. The number of nitrogens with one attached hydrogen (secondary N) is 2. The predicted molar refractivity (Wildman–Crippen MR) is 115 cm³/mol. The van der Waals surface area contributed by atoms with E-state index in [9.17, 15) is 19.7 Å². The standard InChI is InChI=1S/C22H19N3O6/c1-12-15(16-5-3-4-6-18(16)24-12)7-8-23-21(26)17-10-13-9-14(25(28)29)11-19(30-2)20(13)31-22(17)27/h3-6,9-11,24H,7-8H2,1-2H3,(H,23,26). The molecular formula is C22H19N3O6. The van der Waals surface area contributed by atoms with Crippen molar-refractivity contribution in [2.75, 3.05) is 13.7 Å². The second-order valence-electron chi connectivity index (χ2n) is 7.05. The average Bonchev–Trinajstić information content (AvgIpc) is 3.07. The number of methoxy groups -OCH3 is 1. The molecule has 0 aliphatic heterocycles. The first-order valence-corrected chi connectivity index (χ1v) is 9.53. The van der Waals surface area contributed by atoms with Gasteiger partial charge < -0.3 is 19.5 Å². The van der Waals surface area contributed by atoms with E-state index in [0.29, 0.717) is 13.0 Å². The number of para-hydroxylation sites is 1. The Bertz CT molecular complexity index is 1390. The van der Waals surface area contributed by atoms with Gasteiger partial charge >= 0.3 is 5.63 Å². The van der Waals surface area contributed by atoms with Crippen molar-refractivity contribution in [1.82, 2.24) is 10.3 Å². The van der Waals surface area contributed by atoms with E-state index in [1.165, 1.54) is 19.2 Å². The number of carbonyl (C=O) groups is 1. The van der Waals surface area contributed by atoms with Gasteiger partial charge in [-0.3, -0.25) is 14.9 Å². The van der Waals surface area contributed by atoms with Crippen LogP contribution in [0, 0.1) is 17.0 Å². The number of fused-ring (bicyclic) bond motifs is 2.